The molecule has 1 N–H and O–H groups in total. The zero-order valence-electron chi connectivity index (χ0n) is 12.1. The van der Waals surface area contributed by atoms with Gasteiger partial charge < -0.3 is 9.63 Å². The molecule has 0 fully saturated rings. The van der Waals surface area contributed by atoms with Gasteiger partial charge in [-0.15, -0.1) is 0 Å². The predicted molar refractivity (Wildman–Crippen MR) is 78.8 cm³/mol. The Labute approximate surface area is 122 Å². The molecule has 0 amide bonds. The minimum absolute atomic E-state index is 0.245. The van der Waals surface area contributed by atoms with Crippen molar-refractivity contribution in [3.63, 3.8) is 0 Å². The third-order valence-corrected chi connectivity index (χ3v) is 3.30. The third kappa shape index (κ3) is 2.50. The van der Waals surface area contributed by atoms with Gasteiger partial charge in [-0.1, -0.05) is 11.2 Å². The molecule has 2 aromatic heterocycles. The highest BCUT2D eigenvalue weighted by Gasteiger charge is 2.14. The van der Waals surface area contributed by atoms with Crippen LogP contribution in [-0.2, 0) is 0 Å². The van der Waals surface area contributed by atoms with Crippen LogP contribution in [0.3, 0.4) is 0 Å². The summed E-state index contributed by atoms with van der Waals surface area (Å²) in [4.78, 5) is 8.75. The van der Waals surface area contributed by atoms with Crippen molar-refractivity contribution in [2.75, 3.05) is 0 Å². The second-order valence-electron chi connectivity index (χ2n) is 5.10. The number of phenolic OH excluding ortho intramolecular Hbond substituents is 1. The third-order valence-electron chi connectivity index (χ3n) is 3.30. The van der Waals surface area contributed by atoms with E-state index in [4.69, 9.17) is 4.52 Å². The second kappa shape index (κ2) is 5.01. The summed E-state index contributed by atoms with van der Waals surface area (Å²) in [5, 5.41) is 13.6. The van der Waals surface area contributed by atoms with Crippen LogP contribution in [0.5, 0.6) is 5.75 Å². The van der Waals surface area contributed by atoms with Gasteiger partial charge in [-0.25, -0.2) is 0 Å². The normalized spacial score (nSPS) is 10.8. The zero-order chi connectivity index (χ0) is 15.0. The maximum absolute atomic E-state index is 9.56. The Balaban J connectivity index is 2.01. The number of rotatable bonds is 2. The molecule has 0 spiro atoms. The maximum atomic E-state index is 9.56. The Bertz CT molecular complexity index is 809. The lowest BCUT2D eigenvalue weighted by atomic mass is 10.1. The summed E-state index contributed by atoms with van der Waals surface area (Å²) < 4.78 is 5.30. The molecule has 0 aliphatic carbocycles. The van der Waals surface area contributed by atoms with Gasteiger partial charge in [-0.05, 0) is 55.7 Å². The molecule has 0 aliphatic heterocycles. The van der Waals surface area contributed by atoms with E-state index in [1.54, 1.807) is 18.3 Å². The summed E-state index contributed by atoms with van der Waals surface area (Å²) in [6.45, 7) is 5.78. The lowest BCUT2D eigenvalue weighted by Gasteiger charge is -2.00. The van der Waals surface area contributed by atoms with E-state index in [0.29, 0.717) is 17.4 Å². The summed E-state index contributed by atoms with van der Waals surface area (Å²) in [6, 6.07) is 7.20. The van der Waals surface area contributed by atoms with Crippen molar-refractivity contribution in [2.24, 2.45) is 0 Å². The van der Waals surface area contributed by atoms with Gasteiger partial charge in [0.1, 0.15) is 11.4 Å². The Morgan fingerprint density at radius 1 is 1.05 bits per heavy atom. The maximum Gasteiger partial charge on any atom is 0.258 e. The summed E-state index contributed by atoms with van der Waals surface area (Å²) in [7, 11) is 0. The Kier molecular flexibility index (Phi) is 3.17. The number of aryl methyl sites for hydroxylation is 3. The van der Waals surface area contributed by atoms with Crippen LogP contribution >= 0.6 is 0 Å². The Hall–Kier alpha value is -2.69. The van der Waals surface area contributed by atoms with Crippen molar-refractivity contribution in [1.29, 1.82) is 0 Å². The number of nitrogens with zero attached hydrogens (tertiary/aromatic N) is 3. The zero-order valence-corrected chi connectivity index (χ0v) is 12.1. The fraction of sp³-hybridized carbons (Fsp3) is 0.188. The topological polar surface area (TPSA) is 72.0 Å². The van der Waals surface area contributed by atoms with Crippen molar-refractivity contribution >= 4 is 0 Å². The molecule has 0 aliphatic rings. The van der Waals surface area contributed by atoms with E-state index < -0.39 is 0 Å². The molecule has 106 valence electrons. The van der Waals surface area contributed by atoms with Gasteiger partial charge >= 0.3 is 0 Å². The number of phenols is 1. The molecule has 3 rings (SSSR count). The van der Waals surface area contributed by atoms with Crippen LogP contribution in [0.25, 0.3) is 23.0 Å². The molecule has 1 aromatic carbocycles. The summed E-state index contributed by atoms with van der Waals surface area (Å²) in [6.07, 6.45) is 1.78. The highest BCUT2D eigenvalue weighted by atomic mass is 16.5. The second-order valence-corrected chi connectivity index (χ2v) is 5.10. The first-order valence-corrected chi connectivity index (χ1v) is 6.62. The quantitative estimate of drug-likeness (QED) is 0.779. The largest absolute Gasteiger partial charge is 0.508 e. The number of hydrogen-bond donors (Lipinski definition) is 1. The smallest absolute Gasteiger partial charge is 0.258 e. The molecule has 0 saturated carbocycles. The van der Waals surface area contributed by atoms with Crippen LogP contribution in [0.15, 0.2) is 35.0 Å². The van der Waals surface area contributed by atoms with Gasteiger partial charge in [0.15, 0.2) is 0 Å². The lowest BCUT2D eigenvalue weighted by Crippen LogP contribution is -1.91. The first kappa shape index (κ1) is 13.3. The van der Waals surface area contributed by atoms with Crippen LogP contribution in [0.4, 0.5) is 0 Å². The summed E-state index contributed by atoms with van der Waals surface area (Å²) in [5.74, 6) is 1.12. The molecule has 0 bridgehead atoms. The number of aromatic hydroxyl groups is 1. The Morgan fingerprint density at radius 2 is 1.86 bits per heavy atom. The highest BCUT2D eigenvalue weighted by molar-refractivity contribution is 5.61. The van der Waals surface area contributed by atoms with E-state index in [9.17, 15) is 5.11 Å². The van der Waals surface area contributed by atoms with Gasteiger partial charge in [0, 0.05) is 11.8 Å². The van der Waals surface area contributed by atoms with Crippen LogP contribution in [-0.4, -0.2) is 20.2 Å². The molecule has 5 nitrogen and oxygen atoms in total. The van der Waals surface area contributed by atoms with Crippen LogP contribution in [0.1, 0.15) is 16.7 Å². The van der Waals surface area contributed by atoms with Crippen LogP contribution in [0, 0.1) is 20.8 Å². The fourth-order valence-corrected chi connectivity index (χ4v) is 2.17. The lowest BCUT2D eigenvalue weighted by molar-refractivity contribution is 0.431. The van der Waals surface area contributed by atoms with Crippen molar-refractivity contribution < 1.29 is 9.63 Å². The molecule has 0 atom stereocenters. The first-order chi connectivity index (χ1) is 10.0. The Morgan fingerprint density at radius 3 is 2.57 bits per heavy atom. The number of benzene rings is 1. The molecular formula is C16H15N3O2. The van der Waals surface area contributed by atoms with Gasteiger partial charge in [0.2, 0.25) is 5.82 Å². The molecule has 0 saturated heterocycles. The SMILES string of the molecule is Cc1cnc(-c2noc(-c3ccc(O)c(C)c3)n2)c(C)c1. The van der Waals surface area contributed by atoms with Crippen molar-refractivity contribution in [1.82, 2.24) is 15.1 Å². The predicted octanol–water partition coefficient (Wildman–Crippen LogP) is 3.43. The number of aromatic nitrogens is 3. The van der Waals surface area contributed by atoms with Crippen molar-refractivity contribution in [2.45, 2.75) is 20.8 Å². The molecule has 3 aromatic rings. The monoisotopic (exact) mass is 281 g/mol. The molecule has 21 heavy (non-hydrogen) atoms. The number of pyridine rings is 1. The van der Waals surface area contributed by atoms with Crippen molar-refractivity contribution in [3.05, 3.63) is 47.2 Å². The van der Waals surface area contributed by atoms with E-state index in [1.807, 2.05) is 32.9 Å². The van der Waals surface area contributed by atoms with E-state index in [1.165, 1.54) is 0 Å². The molecule has 0 unspecified atom stereocenters. The molecule has 5 heteroatoms. The van der Waals surface area contributed by atoms with E-state index in [-0.39, 0.29) is 5.75 Å². The van der Waals surface area contributed by atoms with E-state index in [2.05, 4.69) is 15.1 Å². The molecule has 0 radical (unpaired) electrons. The first-order valence-electron chi connectivity index (χ1n) is 6.62. The van der Waals surface area contributed by atoms with E-state index in [0.717, 1.165) is 22.3 Å². The van der Waals surface area contributed by atoms with Crippen molar-refractivity contribution in [3.8, 4) is 28.7 Å². The van der Waals surface area contributed by atoms with Gasteiger partial charge in [-0.2, -0.15) is 4.98 Å². The average Bonchev–Trinajstić information content (AvgIpc) is 2.91. The molecule has 2 heterocycles. The summed E-state index contributed by atoms with van der Waals surface area (Å²) >= 11 is 0. The highest BCUT2D eigenvalue weighted by Crippen LogP contribution is 2.26. The van der Waals surface area contributed by atoms with E-state index >= 15 is 0 Å². The van der Waals surface area contributed by atoms with Crippen LogP contribution in [0.2, 0.25) is 0 Å². The van der Waals surface area contributed by atoms with Gasteiger partial charge in [0.05, 0.1) is 0 Å². The van der Waals surface area contributed by atoms with Crippen LogP contribution < -0.4 is 0 Å². The standard InChI is InChI=1S/C16H15N3O2/c1-9-6-11(3)14(17-8-9)15-18-16(21-19-15)12-4-5-13(20)10(2)7-12/h4-8,20H,1-3H3. The minimum Gasteiger partial charge on any atom is -0.508 e. The number of hydrogen-bond acceptors (Lipinski definition) is 5. The fourth-order valence-electron chi connectivity index (χ4n) is 2.17. The molecular weight excluding hydrogens is 266 g/mol. The average molecular weight is 281 g/mol. The van der Waals surface area contributed by atoms with Gasteiger partial charge in [0.25, 0.3) is 5.89 Å². The summed E-state index contributed by atoms with van der Waals surface area (Å²) in [5.41, 5.74) is 4.34. The minimum atomic E-state index is 0.245. The van der Waals surface area contributed by atoms with Gasteiger partial charge in [-0.3, -0.25) is 4.98 Å².